The first-order valence-electron chi connectivity index (χ1n) is 7.50. The number of hydrogen-bond acceptors (Lipinski definition) is 6. The van der Waals surface area contributed by atoms with Gasteiger partial charge in [0.1, 0.15) is 17.2 Å². The van der Waals surface area contributed by atoms with Gasteiger partial charge >= 0.3 is 0 Å². The molecule has 0 bridgehead atoms. The van der Waals surface area contributed by atoms with Crippen LogP contribution in [-0.2, 0) is 0 Å². The molecule has 0 fully saturated rings. The summed E-state index contributed by atoms with van der Waals surface area (Å²) in [5.41, 5.74) is 1.67. The van der Waals surface area contributed by atoms with Crippen molar-refractivity contribution < 1.29 is 9.53 Å². The molecule has 0 saturated carbocycles. The second-order valence-electron chi connectivity index (χ2n) is 5.38. The van der Waals surface area contributed by atoms with Gasteiger partial charge in [0.2, 0.25) is 0 Å². The summed E-state index contributed by atoms with van der Waals surface area (Å²) in [4.78, 5) is 26.0. The minimum Gasteiger partial charge on any atom is -0.491 e. The summed E-state index contributed by atoms with van der Waals surface area (Å²) in [7, 11) is 0. The number of thiazole rings is 1. The Bertz CT molecular complexity index is 895. The average Bonchev–Trinajstić information content (AvgIpc) is 3.20. The third-order valence-corrected chi connectivity index (χ3v) is 4.92. The number of carbonyl (C=O) groups is 1. The molecule has 1 N–H and O–H groups in total. The van der Waals surface area contributed by atoms with Crippen molar-refractivity contribution in [2.45, 2.75) is 13.0 Å². The predicted molar refractivity (Wildman–Crippen MR) is 90.0 cm³/mol. The summed E-state index contributed by atoms with van der Waals surface area (Å²) in [6.07, 6.45) is 3.32. The molecular weight excluding hydrogens is 324 g/mol. The Balaban J connectivity index is 1.57. The third-order valence-electron chi connectivity index (χ3n) is 3.77. The van der Waals surface area contributed by atoms with Crippen LogP contribution in [0.2, 0.25) is 0 Å². The van der Waals surface area contributed by atoms with E-state index in [1.54, 1.807) is 18.5 Å². The van der Waals surface area contributed by atoms with Crippen molar-refractivity contribution in [3.8, 4) is 16.6 Å². The molecule has 0 spiro atoms. The number of fused-ring (bicyclic) bond motifs is 1. The van der Waals surface area contributed by atoms with Crippen molar-refractivity contribution in [1.29, 1.82) is 0 Å². The minimum absolute atomic E-state index is 0.147. The molecule has 24 heavy (non-hydrogen) atoms. The quantitative estimate of drug-likeness (QED) is 0.794. The Labute approximate surface area is 142 Å². The number of aryl methyl sites for hydroxylation is 1. The standard InChI is InChI=1S/C17H14N4O2S/c1-10-14(24-17(20-10)15-18-7-4-8-19-15)16(22)21-12-9-23-13-6-3-2-5-11(12)13/h2-8,12H,9H2,1H3,(H,21,22)/t12-/m1/s1. The van der Waals surface area contributed by atoms with Gasteiger partial charge in [-0.2, -0.15) is 0 Å². The summed E-state index contributed by atoms with van der Waals surface area (Å²) >= 11 is 1.30. The third kappa shape index (κ3) is 2.63. The van der Waals surface area contributed by atoms with E-state index in [4.69, 9.17) is 4.74 Å². The molecule has 0 unspecified atom stereocenters. The summed E-state index contributed by atoms with van der Waals surface area (Å²) in [6, 6.07) is 9.33. The summed E-state index contributed by atoms with van der Waals surface area (Å²) in [6.45, 7) is 2.26. The monoisotopic (exact) mass is 338 g/mol. The van der Waals surface area contributed by atoms with E-state index in [9.17, 15) is 4.79 Å². The van der Waals surface area contributed by atoms with Crippen molar-refractivity contribution >= 4 is 17.2 Å². The zero-order valence-electron chi connectivity index (χ0n) is 12.9. The second kappa shape index (κ2) is 6.01. The van der Waals surface area contributed by atoms with E-state index in [0.717, 1.165) is 11.3 Å². The van der Waals surface area contributed by atoms with Crippen LogP contribution >= 0.6 is 11.3 Å². The van der Waals surface area contributed by atoms with Crippen LogP contribution in [0.4, 0.5) is 0 Å². The van der Waals surface area contributed by atoms with Gasteiger partial charge in [0, 0.05) is 18.0 Å². The molecule has 120 valence electrons. The van der Waals surface area contributed by atoms with Gasteiger partial charge in [-0.3, -0.25) is 4.79 Å². The fourth-order valence-corrected chi connectivity index (χ4v) is 3.54. The molecule has 1 aromatic carbocycles. The number of carbonyl (C=O) groups excluding carboxylic acids is 1. The largest absolute Gasteiger partial charge is 0.491 e. The summed E-state index contributed by atoms with van der Waals surface area (Å²) < 4.78 is 5.61. The van der Waals surface area contributed by atoms with E-state index in [1.807, 2.05) is 31.2 Å². The molecule has 7 heteroatoms. The lowest BCUT2D eigenvalue weighted by molar-refractivity contribution is 0.0933. The number of rotatable bonds is 3. The molecule has 6 nitrogen and oxygen atoms in total. The number of amides is 1. The highest BCUT2D eigenvalue weighted by atomic mass is 32.1. The Morgan fingerprint density at radius 3 is 2.88 bits per heavy atom. The maximum atomic E-state index is 12.6. The smallest absolute Gasteiger partial charge is 0.263 e. The van der Waals surface area contributed by atoms with Gasteiger partial charge in [0.15, 0.2) is 10.8 Å². The highest BCUT2D eigenvalue weighted by molar-refractivity contribution is 7.17. The number of nitrogens with one attached hydrogen (secondary N) is 1. The average molecular weight is 338 g/mol. The predicted octanol–water partition coefficient (Wildman–Crippen LogP) is 2.77. The Morgan fingerprint density at radius 1 is 1.25 bits per heavy atom. The van der Waals surface area contributed by atoms with E-state index in [-0.39, 0.29) is 11.9 Å². The number of hydrogen-bond donors (Lipinski definition) is 1. The molecule has 2 aromatic heterocycles. The Hall–Kier alpha value is -2.80. The Morgan fingerprint density at radius 2 is 2.04 bits per heavy atom. The van der Waals surface area contributed by atoms with Gasteiger partial charge in [0.25, 0.3) is 5.91 Å². The molecule has 4 rings (SSSR count). The van der Waals surface area contributed by atoms with Gasteiger partial charge in [-0.15, -0.1) is 11.3 Å². The first-order chi connectivity index (χ1) is 11.7. The van der Waals surface area contributed by atoms with Crippen LogP contribution in [-0.4, -0.2) is 27.5 Å². The zero-order chi connectivity index (χ0) is 16.5. The highest BCUT2D eigenvalue weighted by Gasteiger charge is 2.27. The molecule has 0 aliphatic carbocycles. The van der Waals surface area contributed by atoms with E-state index < -0.39 is 0 Å². The van der Waals surface area contributed by atoms with Gasteiger partial charge in [0.05, 0.1) is 11.7 Å². The van der Waals surface area contributed by atoms with Crippen LogP contribution in [0.25, 0.3) is 10.8 Å². The lowest BCUT2D eigenvalue weighted by Crippen LogP contribution is -2.29. The summed E-state index contributed by atoms with van der Waals surface area (Å²) in [5, 5.41) is 3.66. The molecule has 1 amide bonds. The van der Waals surface area contributed by atoms with Crippen LogP contribution in [0, 0.1) is 6.92 Å². The summed E-state index contributed by atoms with van der Waals surface area (Å²) in [5.74, 6) is 1.19. The first-order valence-corrected chi connectivity index (χ1v) is 8.31. The van der Waals surface area contributed by atoms with Gasteiger partial charge < -0.3 is 10.1 Å². The first kappa shape index (κ1) is 14.8. The number of ether oxygens (including phenoxy) is 1. The van der Waals surface area contributed by atoms with Crippen LogP contribution < -0.4 is 10.1 Å². The lowest BCUT2D eigenvalue weighted by atomic mass is 10.1. The number of benzene rings is 1. The van der Waals surface area contributed by atoms with Gasteiger partial charge in [-0.25, -0.2) is 15.0 Å². The van der Waals surface area contributed by atoms with E-state index >= 15 is 0 Å². The van der Waals surface area contributed by atoms with E-state index in [0.29, 0.717) is 28.0 Å². The van der Waals surface area contributed by atoms with Crippen molar-refractivity contribution in [2.24, 2.45) is 0 Å². The highest BCUT2D eigenvalue weighted by Crippen LogP contribution is 2.32. The maximum Gasteiger partial charge on any atom is 0.263 e. The van der Waals surface area contributed by atoms with Crippen LogP contribution in [0.3, 0.4) is 0 Å². The maximum absolute atomic E-state index is 12.6. The van der Waals surface area contributed by atoms with Crippen LogP contribution in [0.15, 0.2) is 42.7 Å². The van der Waals surface area contributed by atoms with Crippen molar-refractivity contribution in [3.63, 3.8) is 0 Å². The Kier molecular flexibility index (Phi) is 3.70. The number of nitrogens with zero attached hydrogens (tertiary/aromatic N) is 3. The normalized spacial score (nSPS) is 15.6. The molecule has 3 heterocycles. The van der Waals surface area contributed by atoms with E-state index in [2.05, 4.69) is 20.3 Å². The lowest BCUT2D eigenvalue weighted by Gasteiger charge is -2.10. The molecular formula is C17H14N4O2S. The minimum atomic E-state index is -0.155. The SMILES string of the molecule is Cc1nc(-c2ncccn2)sc1C(=O)N[C@@H]1COc2ccccc21. The van der Waals surface area contributed by atoms with Crippen molar-refractivity contribution in [1.82, 2.24) is 20.3 Å². The molecule has 1 aliphatic heterocycles. The van der Waals surface area contributed by atoms with Gasteiger partial charge in [-0.1, -0.05) is 18.2 Å². The van der Waals surface area contributed by atoms with Crippen molar-refractivity contribution in [2.75, 3.05) is 6.61 Å². The molecule has 3 aromatic rings. The molecule has 0 saturated heterocycles. The fourth-order valence-electron chi connectivity index (χ4n) is 2.62. The van der Waals surface area contributed by atoms with E-state index in [1.165, 1.54) is 11.3 Å². The van der Waals surface area contributed by atoms with Crippen LogP contribution in [0.5, 0.6) is 5.75 Å². The second-order valence-corrected chi connectivity index (χ2v) is 6.38. The number of para-hydroxylation sites is 1. The van der Waals surface area contributed by atoms with Crippen molar-refractivity contribution in [3.05, 3.63) is 58.9 Å². The molecule has 1 aliphatic rings. The zero-order valence-corrected chi connectivity index (χ0v) is 13.7. The van der Waals surface area contributed by atoms with Crippen LogP contribution in [0.1, 0.15) is 27.0 Å². The molecule has 1 atom stereocenters. The molecule has 0 radical (unpaired) electrons. The fraction of sp³-hybridized carbons (Fsp3) is 0.176. The topological polar surface area (TPSA) is 77.0 Å². The van der Waals surface area contributed by atoms with Gasteiger partial charge in [-0.05, 0) is 19.1 Å². The number of aromatic nitrogens is 3.